The van der Waals surface area contributed by atoms with E-state index in [-0.39, 0.29) is 5.91 Å². The number of thioether (sulfide) groups is 1. The fraction of sp³-hybridized carbons (Fsp3) is 0.941. The highest BCUT2D eigenvalue weighted by Gasteiger charge is 2.51. The molecule has 112 valence electrons. The minimum Gasteiger partial charge on any atom is -0.353 e. The summed E-state index contributed by atoms with van der Waals surface area (Å²) in [4.78, 5) is 12.1. The molecular formula is C17H27NOS. The van der Waals surface area contributed by atoms with E-state index in [2.05, 4.69) is 12.2 Å². The molecule has 0 aliphatic heterocycles. The van der Waals surface area contributed by atoms with E-state index in [9.17, 15) is 4.79 Å². The van der Waals surface area contributed by atoms with Crippen molar-refractivity contribution in [2.45, 2.75) is 69.1 Å². The Morgan fingerprint density at radius 3 is 2.20 bits per heavy atom. The van der Waals surface area contributed by atoms with Gasteiger partial charge in [-0.2, -0.15) is 0 Å². The first kappa shape index (κ1) is 13.5. The number of carbonyl (C=O) groups is 1. The van der Waals surface area contributed by atoms with E-state index < -0.39 is 0 Å². The number of hydrogen-bond donors (Lipinski definition) is 1. The van der Waals surface area contributed by atoms with Crippen LogP contribution in [0.15, 0.2) is 0 Å². The average Bonchev–Trinajstić information content (AvgIpc) is 3.19. The van der Waals surface area contributed by atoms with Gasteiger partial charge in [-0.25, -0.2) is 0 Å². The van der Waals surface area contributed by atoms with Crippen LogP contribution in [0.3, 0.4) is 0 Å². The zero-order valence-corrected chi connectivity index (χ0v) is 13.4. The molecule has 3 heteroatoms. The van der Waals surface area contributed by atoms with Crippen LogP contribution in [0.2, 0.25) is 0 Å². The molecule has 5 aliphatic rings. The van der Waals surface area contributed by atoms with Crippen LogP contribution < -0.4 is 5.32 Å². The SMILES string of the molecule is C[C@H](NC(=O)CSC12CC3CC(CC(C3)C1)C2)C1CC1. The quantitative estimate of drug-likeness (QED) is 0.839. The largest absolute Gasteiger partial charge is 0.353 e. The molecule has 0 aromatic carbocycles. The third kappa shape index (κ3) is 2.63. The minimum absolute atomic E-state index is 0.283. The van der Waals surface area contributed by atoms with Crippen LogP contribution in [-0.4, -0.2) is 22.4 Å². The van der Waals surface area contributed by atoms with Gasteiger partial charge >= 0.3 is 0 Å². The lowest BCUT2D eigenvalue weighted by Crippen LogP contribution is -2.49. The molecule has 5 rings (SSSR count). The van der Waals surface area contributed by atoms with Crippen molar-refractivity contribution in [3.8, 4) is 0 Å². The highest BCUT2D eigenvalue weighted by molar-refractivity contribution is 8.01. The van der Waals surface area contributed by atoms with E-state index in [1.807, 2.05) is 11.8 Å². The Morgan fingerprint density at radius 2 is 1.70 bits per heavy atom. The lowest BCUT2D eigenvalue weighted by atomic mass is 9.56. The zero-order valence-electron chi connectivity index (χ0n) is 12.6. The van der Waals surface area contributed by atoms with Crippen LogP contribution in [-0.2, 0) is 4.79 Å². The molecule has 1 N–H and O–H groups in total. The Labute approximate surface area is 126 Å². The fourth-order valence-electron chi connectivity index (χ4n) is 5.44. The lowest BCUT2D eigenvalue weighted by molar-refractivity contribution is -0.119. The fourth-order valence-corrected chi connectivity index (χ4v) is 7.02. The second kappa shape index (κ2) is 4.93. The van der Waals surface area contributed by atoms with Crippen molar-refractivity contribution in [2.75, 3.05) is 5.75 Å². The third-order valence-corrected chi connectivity index (χ3v) is 7.73. The molecule has 0 radical (unpaired) electrons. The third-order valence-electron chi connectivity index (χ3n) is 6.21. The van der Waals surface area contributed by atoms with E-state index in [1.165, 1.54) is 51.4 Å². The molecule has 0 aromatic heterocycles. The summed E-state index contributed by atoms with van der Waals surface area (Å²) in [6.07, 6.45) is 11.3. The van der Waals surface area contributed by atoms with Crippen LogP contribution in [0.5, 0.6) is 0 Å². The Hall–Kier alpha value is -0.180. The maximum atomic E-state index is 12.1. The van der Waals surface area contributed by atoms with E-state index in [4.69, 9.17) is 0 Å². The number of rotatable bonds is 5. The molecule has 0 unspecified atom stereocenters. The molecule has 1 atom stereocenters. The van der Waals surface area contributed by atoms with Crippen LogP contribution >= 0.6 is 11.8 Å². The summed E-state index contributed by atoms with van der Waals surface area (Å²) in [6.45, 7) is 2.17. The number of amides is 1. The van der Waals surface area contributed by atoms with Gasteiger partial charge in [0.15, 0.2) is 0 Å². The van der Waals surface area contributed by atoms with Gasteiger partial charge in [0.2, 0.25) is 5.91 Å². The highest BCUT2D eigenvalue weighted by atomic mass is 32.2. The van der Waals surface area contributed by atoms with Crippen molar-refractivity contribution >= 4 is 17.7 Å². The van der Waals surface area contributed by atoms with Gasteiger partial charge in [0.05, 0.1) is 5.75 Å². The Balaban J connectivity index is 1.31. The monoisotopic (exact) mass is 293 g/mol. The minimum atomic E-state index is 0.283. The standard InChI is InChI=1S/C17H27NOS/c1-11(15-2-3-15)18-16(19)10-20-17-7-12-4-13(8-17)6-14(5-12)9-17/h11-15H,2-10H2,1H3,(H,18,19)/t11-,12?,13?,14?,17?/m0/s1. The van der Waals surface area contributed by atoms with E-state index in [1.54, 1.807) is 0 Å². The van der Waals surface area contributed by atoms with E-state index in [0.717, 1.165) is 23.7 Å². The van der Waals surface area contributed by atoms with E-state index >= 15 is 0 Å². The highest BCUT2D eigenvalue weighted by Crippen LogP contribution is 2.60. The predicted molar refractivity (Wildman–Crippen MR) is 83.7 cm³/mol. The van der Waals surface area contributed by atoms with Crippen molar-refractivity contribution < 1.29 is 4.79 Å². The summed E-state index contributed by atoms with van der Waals surface area (Å²) in [6, 6.07) is 0.402. The van der Waals surface area contributed by atoms with Gasteiger partial charge < -0.3 is 5.32 Å². The summed E-state index contributed by atoms with van der Waals surface area (Å²) < 4.78 is 0.481. The summed E-state index contributed by atoms with van der Waals surface area (Å²) in [5, 5.41) is 3.21. The lowest BCUT2D eigenvalue weighted by Gasteiger charge is -2.56. The topological polar surface area (TPSA) is 29.1 Å². The van der Waals surface area contributed by atoms with Crippen molar-refractivity contribution in [2.24, 2.45) is 23.7 Å². The van der Waals surface area contributed by atoms with Crippen LogP contribution in [0, 0.1) is 23.7 Å². The molecule has 20 heavy (non-hydrogen) atoms. The normalized spacial score (nSPS) is 43.5. The smallest absolute Gasteiger partial charge is 0.230 e. The first-order chi connectivity index (χ1) is 9.62. The van der Waals surface area contributed by atoms with Gasteiger partial charge in [-0.15, -0.1) is 11.8 Å². The summed E-state index contributed by atoms with van der Waals surface area (Å²) >= 11 is 2.00. The van der Waals surface area contributed by atoms with Gasteiger partial charge in [0, 0.05) is 10.8 Å². The molecule has 5 saturated carbocycles. The molecule has 5 fully saturated rings. The molecule has 0 heterocycles. The van der Waals surface area contributed by atoms with Crippen LogP contribution in [0.1, 0.15) is 58.3 Å². The molecule has 1 amide bonds. The summed E-state index contributed by atoms with van der Waals surface area (Å²) in [5.41, 5.74) is 0. The molecule has 4 bridgehead atoms. The maximum Gasteiger partial charge on any atom is 0.230 e. The molecule has 2 nitrogen and oxygen atoms in total. The Morgan fingerprint density at radius 1 is 1.15 bits per heavy atom. The van der Waals surface area contributed by atoms with Crippen LogP contribution in [0.25, 0.3) is 0 Å². The zero-order chi connectivity index (χ0) is 13.7. The van der Waals surface area contributed by atoms with Crippen molar-refractivity contribution in [1.82, 2.24) is 5.32 Å². The first-order valence-corrected chi connectivity index (χ1v) is 9.54. The Bertz CT molecular complexity index is 369. The van der Waals surface area contributed by atoms with Gasteiger partial charge in [0.1, 0.15) is 0 Å². The van der Waals surface area contributed by atoms with Crippen molar-refractivity contribution in [3.63, 3.8) is 0 Å². The van der Waals surface area contributed by atoms with Crippen molar-refractivity contribution in [1.29, 1.82) is 0 Å². The summed E-state index contributed by atoms with van der Waals surface area (Å²) in [7, 11) is 0. The average molecular weight is 293 g/mol. The number of hydrogen-bond acceptors (Lipinski definition) is 2. The van der Waals surface area contributed by atoms with Gasteiger partial charge in [0.25, 0.3) is 0 Å². The molecule has 5 aliphatic carbocycles. The summed E-state index contributed by atoms with van der Waals surface area (Å²) in [5.74, 6) is 4.71. The number of nitrogens with one attached hydrogen (secondary N) is 1. The number of carbonyl (C=O) groups excluding carboxylic acids is 1. The molecule has 0 spiro atoms. The first-order valence-electron chi connectivity index (χ1n) is 8.55. The second-order valence-electron chi connectivity index (χ2n) is 8.08. The van der Waals surface area contributed by atoms with Crippen molar-refractivity contribution in [3.05, 3.63) is 0 Å². The van der Waals surface area contributed by atoms with Gasteiger partial charge in [-0.1, -0.05) is 0 Å². The van der Waals surface area contributed by atoms with Gasteiger partial charge in [-0.3, -0.25) is 4.79 Å². The second-order valence-corrected chi connectivity index (χ2v) is 9.53. The van der Waals surface area contributed by atoms with E-state index in [0.29, 0.717) is 16.5 Å². The molecule has 0 saturated heterocycles. The predicted octanol–water partition coefficient (Wildman–Crippen LogP) is 3.60. The van der Waals surface area contributed by atoms with Crippen LogP contribution in [0.4, 0.5) is 0 Å². The molecular weight excluding hydrogens is 266 g/mol. The Kier molecular flexibility index (Phi) is 3.32. The van der Waals surface area contributed by atoms with Gasteiger partial charge in [-0.05, 0) is 82.0 Å². The molecule has 0 aromatic rings. The maximum absolute atomic E-state index is 12.1.